The summed E-state index contributed by atoms with van der Waals surface area (Å²) in [5.74, 6) is -0.498. The van der Waals surface area contributed by atoms with Crippen LogP contribution in [-0.4, -0.2) is 38.8 Å². The largest absolute Gasteiger partial charge is 0.401 e. The van der Waals surface area contributed by atoms with E-state index in [1.165, 1.54) is 7.11 Å². The Hall–Kier alpha value is -0.620. The Kier molecular flexibility index (Phi) is 6.51. The minimum atomic E-state index is -4.27. The minimum absolute atomic E-state index is 0.226. The molecule has 0 rings (SSSR count). The zero-order chi connectivity index (χ0) is 11.9. The lowest BCUT2D eigenvalue weighted by molar-refractivity contribution is -0.129. The van der Waals surface area contributed by atoms with Crippen molar-refractivity contribution in [1.82, 2.24) is 5.32 Å². The Morgan fingerprint density at radius 2 is 2.07 bits per heavy atom. The maximum atomic E-state index is 11.7. The highest BCUT2D eigenvalue weighted by atomic mass is 19.4. The molecule has 3 nitrogen and oxygen atoms in total. The van der Waals surface area contributed by atoms with Crippen LogP contribution < -0.4 is 5.32 Å². The van der Waals surface area contributed by atoms with Gasteiger partial charge in [-0.05, 0) is 6.42 Å². The smallest absolute Gasteiger partial charge is 0.385 e. The number of hydrogen-bond donors (Lipinski definition) is 1. The van der Waals surface area contributed by atoms with Gasteiger partial charge in [-0.25, -0.2) is 0 Å². The number of carbonyl (C=O) groups is 1. The Balaban J connectivity index is 3.64. The fourth-order valence-corrected chi connectivity index (χ4v) is 0.957. The molecule has 15 heavy (non-hydrogen) atoms. The Labute approximate surface area is 87.0 Å². The third-order valence-corrected chi connectivity index (χ3v) is 1.93. The van der Waals surface area contributed by atoms with E-state index in [0.717, 1.165) is 0 Å². The zero-order valence-electron chi connectivity index (χ0n) is 8.86. The number of halogens is 3. The fraction of sp³-hybridized carbons (Fsp3) is 0.889. The van der Waals surface area contributed by atoms with Gasteiger partial charge in [0.2, 0.25) is 0 Å². The SMILES string of the molecule is COCCC(C)C(=O)CNCC(F)(F)F. The summed E-state index contributed by atoms with van der Waals surface area (Å²) in [6.45, 7) is 0.739. The van der Waals surface area contributed by atoms with Crippen LogP contribution in [-0.2, 0) is 9.53 Å². The van der Waals surface area contributed by atoms with Crippen molar-refractivity contribution in [2.75, 3.05) is 26.8 Å². The van der Waals surface area contributed by atoms with Crippen molar-refractivity contribution >= 4 is 5.78 Å². The number of hydrogen-bond acceptors (Lipinski definition) is 3. The Bertz CT molecular complexity index is 194. The highest BCUT2D eigenvalue weighted by Crippen LogP contribution is 2.12. The van der Waals surface area contributed by atoms with Crippen molar-refractivity contribution in [2.24, 2.45) is 5.92 Å². The molecule has 1 atom stereocenters. The first-order valence-corrected chi connectivity index (χ1v) is 4.66. The molecule has 0 spiro atoms. The lowest BCUT2D eigenvalue weighted by Crippen LogP contribution is -2.34. The predicted molar refractivity (Wildman–Crippen MR) is 49.6 cm³/mol. The molecule has 6 heteroatoms. The van der Waals surface area contributed by atoms with E-state index >= 15 is 0 Å². The molecule has 0 aromatic heterocycles. The van der Waals surface area contributed by atoms with Crippen LogP contribution in [0.5, 0.6) is 0 Å². The summed E-state index contributed by atoms with van der Waals surface area (Å²) in [5.41, 5.74) is 0. The van der Waals surface area contributed by atoms with E-state index in [-0.39, 0.29) is 18.2 Å². The van der Waals surface area contributed by atoms with E-state index in [1.54, 1.807) is 6.92 Å². The first kappa shape index (κ1) is 14.4. The number of Topliss-reactive ketones (excluding diaryl/α,β-unsaturated/α-hetero) is 1. The quantitative estimate of drug-likeness (QED) is 0.714. The molecule has 0 saturated heterocycles. The molecule has 1 unspecified atom stereocenters. The maximum Gasteiger partial charge on any atom is 0.401 e. The summed E-state index contributed by atoms with van der Waals surface area (Å²) in [6.07, 6.45) is -3.74. The number of nitrogens with one attached hydrogen (secondary N) is 1. The molecule has 0 aliphatic carbocycles. The molecule has 0 aliphatic heterocycles. The van der Waals surface area contributed by atoms with Crippen LogP contribution in [0.25, 0.3) is 0 Å². The van der Waals surface area contributed by atoms with Crippen molar-refractivity contribution in [2.45, 2.75) is 19.5 Å². The Morgan fingerprint density at radius 1 is 1.47 bits per heavy atom. The van der Waals surface area contributed by atoms with Gasteiger partial charge in [-0.15, -0.1) is 0 Å². The number of rotatable bonds is 7. The summed E-state index contributed by atoms with van der Waals surface area (Å²) in [5, 5.41) is 2.07. The van der Waals surface area contributed by atoms with Crippen LogP contribution in [0, 0.1) is 5.92 Å². The summed E-state index contributed by atoms with van der Waals surface area (Å²) in [4.78, 5) is 11.2. The highest BCUT2D eigenvalue weighted by Gasteiger charge is 2.26. The third kappa shape index (κ3) is 8.38. The second-order valence-electron chi connectivity index (χ2n) is 3.37. The zero-order valence-corrected chi connectivity index (χ0v) is 8.86. The van der Waals surface area contributed by atoms with Crippen molar-refractivity contribution < 1.29 is 22.7 Å². The topological polar surface area (TPSA) is 38.3 Å². The average Bonchev–Trinajstić information content (AvgIpc) is 2.11. The Morgan fingerprint density at radius 3 is 2.53 bits per heavy atom. The molecular weight excluding hydrogens is 211 g/mol. The van der Waals surface area contributed by atoms with E-state index in [2.05, 4.69) is 5.32 Å². The molecule has 0 bridgehead atoms. The van der Waals surface area contributed by atoms with Crippen LogP contribution >= 0.6 is 0 Å². The van der Waals surface area contributed by atoms with Crippen LogP contribution in [0.1, 0.15) is 13.3 Å². The molecule has 0 aromatic rings. The molecule has 90 valence electrons. The molecule has 0 saturated carbocycles. The van der Waals surface area contributed by atoms with Crippen molar-refractivity contribution in [1.29, 1.82) is 0 Å². The van der Waals surface area contributed by atoms with Crippen LogP contribution in [0.2, 0.25) is 0 Å². The number of alkyl halides is 3. The standard InChI is InChI=1S/C9H16F3NO2/c1-7(3-4-15-2)8(14)5-13-6-9(10,11)12/h7,13H,3-6H2,1-2H3. The van der Waals surface area contributed by atoms with Gasteiger partial charge >= 0.3 is 6.18 Å². The lowest BCUT2D eigenvalue weighted by atomic mass is 10.0. The van der Waals surface area contributed by atoms with Gasteiger partial charge in [-0.2, -0.15) is 13.2 Å². The minimum Gasteiger partial charge on any atom is -0.385 e. The van der Waals surface area contributed by atoms with E-state index in [4.69, 9.17) is 4.74 Å². The van der Waals surface area contributed by atoms with E-state index in [1.807, 2.05) is 0 Å². The van der Waals surface area contributed by atoms with E-state index < -0.39 is 12.7 Å². The van der Waals surface area contributed by atoms with Gasteiger partial charge in [0.15, 0.2) is 0 Å². The van der Waals surface area contributed by atoms with Gasteiger partial charge in [0.25, 0.3) is 0 Å². The number of carbonyl (C=O) groups excluding carboxylic acids is 1. The molecule has 0 aliphatic rings. The second kappa shape index (κ2) is 6.79. The first-order chi connectivity index (χ1) is 6.87. The maximum absolute atomic E-state index is 11.7. The van der Waals surface area contributed by atoms with Crippen molar-refractivity contribution in [3.8, 4) is 0 Å². The van der Waals surface area contributed by atoms with Gasteiger partial charge in [-0.1, -0.05) is 6.92 Å². The van der Waals surface area contributed by atoms with Gasteiger partial charge in [0.1, 0.15) is 5.78 Å². The number of ether oxygens (including phenoxy) is 1. The second-order valence-corrected chi connectivity index (χ2v) is 3.37. The molecule has 0 amide bonds. The summed E-state index contributed by atoms with van der Waals surface area (Å²) in [6, 6.07) is 0. The number of ketones is 1. The summed E-state index contributed by atoms with van der Waals surface area (Å²) >= 11 is 0. The molecule has 0 fully saturated rings. The van der Waals surface area contributed by atoms with Gasteiger partial charge in [0.05, 0.1) is 13.1 Å². The predicted octanol–water partition coefficient (Wildman–Crippen LogP) is 1.38. The van der Waals surface area contributed by atoms with Crippen molar-refractivity contribution in [3.63, 3.8) is 0 Å². The summed E-state index contributed by atoms with van der Waals surface area (Å²) < 4.78 is 39.9. The summed E-state index contributed by atoms with van der Waals surface area (Å²) in [7, 11) is 1.51. The number of methoxy groups -OCH3 is 1. The van der Waals surface area contributed by atoms with Gasteiger partial charge in [0, 0.05) is 19.6 Å². The van der Waals surface area contributed by atoms with Crippen molar-refractivity contribution in [3.05, 3.63) is 0 Å². The third-order valence-electron chi connectivity index (χ3n) is 1.93. The average molecular weight is 227 g/mol. The first-order valence-electron chi connectivity index (χ1n) is 4.66. The molecule has 0 heterocycles. The molecule has 0 radical (unpaired) electrons. The highest BCUT2D eigenvalue weighted by molar-refractivity contribution is 5.82. The van der Waals surface area contributed by atoms with Crippen LogP contribution in [0.3, 0.4) is 0 Å². The monoisotopic (exact) mass is 227 g/mol. The molecular formula is C9H16F3NO2. The lowest BCUT2D eigenvalue weighted by Gasteiger charge is -2.11. The fourth-order valence-electron chi connectivity index (χ4n) is 0.957. The normalized spacial score (nSPS) is 13.9. The van der Waals surface area contributed by atoms with Gasteiger partial charge in [-0.3, -0.25) is 4.79 Å². The van der Waals surface area contributed by atoms with Crippen LogP contribution in [0.15, 0.2) is 0 Å². The van der Waals surface area contributed by atoms with Gasteiger partial charge < -0.3 is 10.1 Å². The van der Waals surface area contributed by atoms with Crippen LogP contribution in [0.4, 0.5) is 13.2 Å². The van der Waals surface area contributed by atoms with E-state index in [9.17, 15) is 18.0 Å². The molecule has 0 aromatic carbocycles. The van der Waals surface area contributed by atoms with E-state index in [0.29, 0.717) is 13.0 Å². The molecule has 1 N–H and O–H groups in total.